The van der Waals surface area contributed by atoms with Crippen molar-refractivity contribution in [2.24, 2.45) is 0 Å². The molecule has 3 unspecified atom stereocenters. The van der Waals surface area contributed by atoms with E-state index in [1.54, 1.807) is 0 Å². The number of rotatable bonds is 6. The van der Waals surface area contributed by atoms with E-state index in [0.717, 1.165) is 0 Å². The summed E-state index contributed by atoms with van der Waals surface area (Å²) in [6.45, 7) is -1.18. The Morgan fingerprint density at radius 3 is 1.93 bits per heavy atom. The van der Waals surface area contributed by atoms with Crippen LogP contribution in [0.15, 0.2) is 0 Å². The van der Waals surface area contributed by atoms with Gasteiger partial charge in [0.1, 0.15) is 12.3 Å². The molecule has 0 aliphatic rings. The monoisotopic (exact) mass is 244 g/mol. The summed E-state index contributed by atoms with van der Waals surface area (Å²) in [6.07, 6.45) is -8.83. The van der Waals surface area contributed by atoms with Crippen LogP contribution in [0, 0.1) is 0 Å². The van der Waals surface area contributed by atoms with Crippen LogP contribution in [0.2, 0.25) is 0 Å². The summed E-state index contributed by atoms with van der Waals surface area (Å²) >= 11 is 0. The van der Waals surface area contributed by atoms with Crippen molar-refractivity contribution < 1.29 is 49.4 Å². The molecule has 3 nitrogen and oxygen atoms in total. The fourth-order valence-electron chi connectivity index (χ4n) is 0.777. The fraction of sp³-hybridized carbons (Fsp3) is 1.00. The van der Waals surface area contributed by atoms with Gasteiger partial charge in [-0.2, -0.15) is 0 Å². The first-order chi connectivity index (χ1) is 6.28. The fourth-order valence-corrected chi connectivity index (χ4v) is 1.35. The Labute approximate surface area is 97.2 Å². The quantitative estimate of drug-likeness (QED) is 0.306. The van der Waals surface area contributed by atoms with Gasteiger partial charge in [-0.05, 0) is 0 Å². The molecule has 0 radical (unpaired) electrons. The maximum absolute atomic E-state index is 12.6. The van der Waals surface area contributed by atoms with Crippen molar-refractivity contribution in [1.82, 2.24) is 0 Å². The molecule has 9 heteroatoms. The van der Waals surface area contributed by atoms with Gasteiger partial charge in [0.2, 0.25) is 0 Å². The zero-order chi connectivity index (χ0) is 11.4. The minimum Gasteiger partial charge on any atom is -0.748 e. The van der Waals surface area contributed by atoms with Gasteiger partial charge in [0.05, 0.1) is 22.5 Å². The minimum absolute atomic E-state index is 0. The zero-order valence-corrected chi connectivity index (χ0v) is 8.81. The average molecular weight is 244 g/mol. The van der Waals surface area contributed by atoms with Crippen LogP contribution >= 0.6 is 0 Å². The van der Waals surface area contributed by atoms with Crippen LogP contribution in [-0.2, 0) is 10.1 Å². The molecule has 0 spiro atoms. The summed E-state index contributed by atoms with van der Waals surface area (Å²) in [5.41, 5.74) is 0. The van der Waals surface area contributed by atoms with E-state index in [0.29, 0.717) is 0 Å². The Bertz CT molecular complexity index is 261. The predicted molar refractivity (Wildman–Crippen MR) is 39.8 cm³/mol. The van der Waals surface area contributed by atoms with Gasteiger partial charge >= 0.3 is 18.9 Å². The second-order valence-electron chi connectivity index (χ2n) is 2.68. The first-order valence-electron chi connectivity index (χ1n) is 3.69. The number of hydrogen-bond acceptors (Lipinski definition) is 3. The molecule has 0 heterocycles. The SMILES string of the molecule is O=S(=O)([O-])CC(F)C(F)C(F)CCF.[Li+]. The van der Waals surface area contributed by atoms with Gasteiger partial charge in [-0.25, -0.2) is 21.6 Å². The molecule has 3 atom stereocenters. The van der Waals surface area contributed by atoms with Crippen molar-refractivity contribution in [2.45, 2.75) is 24.9 Å². The maximum atomic E-state index is 12.6. The average Bonchev–Trinajstić information content (AvgIpc) is 2.00. The summed E-state index contributed by atoms with van der Waals surface area (Å²) in [4.78, 5) is 0. The van der Waals surface area contributed by atoms with Crippen molar-refractivity contribution >= 4 is 10.1 Å². The van der Waals surface area contributed by atoms with E-state index in [2.05, 4.69) is 0 Å². The summed E-state index contributed by atoms with van der Waals surface area (Å²) in [6, 6.07) is 0. The van der Waals surface area contributed by atoms with Gasteiger partial charge < -0.3 is 4.55 Å². The van der Waals surface area contributed by atoms with Gasteiger partial charge in [0.25, 0.3) is 0 Å². The van der Waals surface area contributed by atoms with Gasteiger partial charge in [-0.15, -0.1) is 0 Å². The summed E-state index contributed by atoms with van der Waals surface area (Å²) in [5, 5.41) is 0. The van der Waals surface area contributed by atoms with Crippen LogP contribution in [0.4, 0.5) is 17.6 Å². The van der Waals surface area contributed by atoms with Gasteiger partial charge in [0, 0.05) is 6.42 Å². The number of halogens is 4. The summed E-state index contributed by atoms with van der Waals surface area (Å²) in [5.74, 6) is -1.64. The third-order valence-corrected chi connectivity index (χ3v) is 2.17. The zero-order valence-electron chi connectivity index (χ0n) is 8.00. The molecule has 0 aliphatic carbocycles. The molecule has 0 bridgehead atoms. The predicted octanol–water partition coefficient (Wildman–Crippen LogP) is -2.09. The van der Waals surface area contributed by atoms with Crippen molar-refractivity contribution in [2.75, 3.05) is 12.4 Å². The van der Waals surface area contributed by atoms with E-state index in [4.69, 9.17) is 0 Å². The van der Waals surface area contributed by atoms with Crippen LogP contribution in [0.1, 0.15) is 6.42 Å². The van der Waals surface area contributed by atoms with Gasteiger partial charge in [-0.1, -0.05) is 0 Å². The standard InChI is InChI=1S/C6H10F4O3S.Li/c7-2-1-4(8)6(10)5(9)3-14(11,12)13;/h4-6H,1-3H2,(H,11,12,13);/q;+1/p-1. The molecule has 0 aliphatic heterocycles. The van der Waals surface area contributed by atoms with E-state index >= 15 is 0 Å². The first kappa shape index (κ1) is 17.6. The van der Waals surface area contributed by atoms with Crippen molar-refractivity contribution in [3.8, 4) is 0 Å². The van der Waals surface area contributed by atoms with Crippen LogP contribution in [0.25, 0.3) is 0 Å². The van der Waals surface area contributed by atoms with Crippen LogP contribution in [0.5, 0.6) is 0 Å². The molecular formula is C6H9F4LiO3S. The Kier molecular flexibility index (Phi) is 8.80. The number of hydrogen-bond donors (Lipinski definition) is 0. The first-order valence-corrected chi connectivity index (χ1v) is 5.27. The van der Waals surface area contributed by atoms with Gasteiger partial charge in [0.15, 0.2) is 6.17 Å². The third-order valence-electron chi connectivity index (χ3n) is 1.44. The van der Waals surface area contributed by atoms with E-state index in [-0.39, 0.29) is 18.9 Å². The molecule has 15 heavy (non-hydrogen) atoms. The van der Waals surface area contributed by atoms with Gasteiger partial charge in [-0.3, -0.25) is 4.39 Å². The summed E-state index contributed by atoms with van der Waals surface area (Å²) < 4.78 is 79.0. The maximum Gasteiger partial charge on any atom is 1.00 e. The molecule has 0 aromatic rings. The normalized spacial score (nSPS) is 17.7. The van der Waals surface area contributed by atoms with Crippen LogP contribution < -0.4 is 18.9 Å². The topological polar surface area (TPSA) is 57.2 Å². The van der Waals surface area contributed by atoms with E-state index in [1.165, 1.54) is 0 Å². The van der Waals surface area contributed by atoms with E-state index in [9.17, 15) is 30.5 Å². The van der Waals surface area contributed by atoms with E-state index in [1.807, 2.05) is 0 Å². The van der Waals surface area contributed by atoms with Crippen LogP contribution in [0.3, 0.4) is 0 Å². The minimum atomic E-state index is -4.94. The van der Waals surface area contributed by atoms with Crippen molar-refractivity contribution in [3.05, 3.63) is 0 Å². The molecule has 0 aromatic carbocycles. The molecule has 0 fully saturated rings. The molecule has 0 amide bonds. The Morgan fingerprint density at radius 2 is 1.60 bits per heavy atom. The molecule has 0 saturated heterocycles. The second-order valence-corrected chi connectivity index (χ2v) is 4.13. The Morgan fingerprint density at radius 1 is 1.13 bits per heavy atom. The second kappa shape index (κ2) is 7.49. The summed E-state index contributed by atoms with van der Waals surface area (Å²) in [7, 11) is -4.94. The Hall–Kier alpha value is 0.227. The van der Waals surface area contributed by atoms with Crippen LogP contribution in [-0.4, -0.2) is 43.9 Å². The van der Waals surface area contributed by atoms with Crippen molar-refractivity contribution in [3.63, 3.8) is 0 Å². The third kappa shape index (κ3) is 8.08. The number of alkyl halides is 4. The molecule has 0 N–H and O–H groups in total. The Balaban J connectivity index is 0. The molecule has 86 valence electrons. The smallest absolute Gasteiger partial charge is 0.748 e. The molecular weight excluding hydrogens is 235 g/mol. The molecule has 0 saturated carbocycles. The molecule has 0 rings (SSSR count). The van der Waals surface area contributed by atoms with E-state index < -0.39 is 47.5 Å². The van der Waals surface area contributed by atoms with Crippen molar-refractivity contribution in [1.29, 1.82) is 0 Å². The largest absolute Gasteiger partial charge is 1.00 e. The molecule has 0 aromatic heterocycles.